The number of unbranched alkanes of at least 4 members (excludes halogenated alkanes) is 3. The first kappa shape index (κ1) is 58.5. The summed E-state index contributed by atoms with van der Waals surface area (Å²) in [4.78, 5) is 51.6. The normalized spacial score (nSPS) is 16.5. The maximum absolute atomic E-state index is 12.9. The number of alkyl halides is 3. The molecule has 4 rings (SSSR count). The van der Waals surface area contributed by atoms with Crippen LogP contribution in [0.5, 0.6) is 0 Å². The molecule has 17 heteroatoms. The molecule has 0 saturated carbocycles. The first-order valence-electron chi connectivity index (χ1n) is 20.0. The summed E-state index contributed by atoms with van der Waals surface area (Å²) < 4.78 is 24.5. The van der Waals surface area contributed by atoms with Crippen molar-refractivity contribution in [2.24, 2.45) is 5.92 Å². The number of halogens is 3. The zero-order valence-electron chi connectivity index (χ0n) is 36.9. The Morgan fingerprint density at radius 1 is 0.746 bits per heavy atom. The van der Waals surface area contributed by atoms with Gasteiger partial charge in [0.1, 0.15) is 19.3 Å². The van der Waals surface area contributed by atoms with Crippen LogP contribution in [-0.4, -0.2) is 113 Å². The van der Waals surface area contributed by atoms with Gasteiger partial charge in [0.2, 0.25) is 11.8 Å². The number of amides is 4. The Morgan fingerprint density at radius 2 is 1.19 bits per heavy atom. The smallest absolute Gasteiger partial charge is 0.668 e. The van der Waals surface area contributed by atoms with E-state index in [2.05, 4.69) is 75.9 Å². The number of benzene rings is 2. The number of rotatable bonds is 19. The van der Waals surface area contributed by atoms with Gasteiger partial charge in [-0.3, -0.25) is 9.59 Å². The summed E-state index contributed by atoms with van der Waals surface area (Å²) in [5, 5.41) is 1.85. The Hall–Kier alpha value is -0.480. The summed E-state index contributed by atoms with van der Waals surface area (Å²) in [7, 11) is 0.915. The zero-order valence-corrected chi connectivity index (χ0v) is 45.9. The van der Waals surface area contributed by atoms with Gasteiger partial charge >= 0.3 is 63.6 Å². The quantitative estimate of drug-likeness (QED) is 0.0794. The number of carbonyl (C=O) groups excluding carboxylic acids is 4. The first-order chi connectivity index (χ1) is 27.5. The molecule has 59 heavy (non-hydrogen) atoms. The van der Waals surface area contributed by atoms with Gasteiger partial charge in [0.25, 0.3) is 0 Å². The van der Waals surface area contributed by atoms with Crippen molar-refractivity contribution in [2.75, 3.05) is 50.8 Å². The van der Waals surface area contributed by atoms with Crippen molar-refractivity contribution >= 4 is 83.9 Å². The number of cyclic esters (lactones) is 2. The van der Waals surface area contributed by atoms with Crippen LogP contribution in [0.1, 0.15) is 56.1 Å². The predicted octanol–water partition coefficient (Wildman–Crippen LogP) is 7.80. The Bertz CT molecular complexity index is 1450. The minimum Gasteiger partial charge on any atom is -0.668 e. The number of hydrogen-bond donors (Lipinski definition) is 0. The van der Waals surface area contributed by atoms with E-state index in [9.17, 15) is 19.2 Å². The fourth-order valence-electron chi connectivity index (χ4n) is 6.40. The van der Waals surface area contributed by atoms with Crippen LogP contribution in [-0.2, 0) is 41.4 Å². The second kappa shape index (κ2) is 33.1. The maximum atomic E-state index is 12.9. The van der Waals surface area contributed by atoms with E-state index in [4.69, 9.17) is 30.5 Å². The van der Waals surface area contributed by atoms with Crippen molar-refractivity contribution in [3.8, 4) is 0 Å². The minimum atomic E-state index is -1.11. The molecule has 0 spiro atoms. The van der Waals surface area contributed by atoms with Gasteiger partial charge in [-0.05, 0) is 49.7 Å². The van der Waals surface area contributed by atoms with Crippen molar-refractivity contribution in [1.29, 1.82) is 0 Å². The molecule has 4 amide bonds. The van der Waals surface area contributed by atoms with Gasteiger partial charge in [-0.1, -0.05) is 173 Å². The van der Waals surface area contributed by atoms with E-state index < -0.39 is 28.7 Å². The molecular weight excluding hydrogens is 965 g/mol. The van der Waals surface area contributed by atoms with E-state index in [1.807, 2.05) is 60.7 Å². The van der Waals surface area contributed by atoms with Gasteiger partial charge in [-0.2, -0.15) is 0 Å². The van der Waals surface area contributed by atoms with Crippen LogP contribution in [0, 0.1) is 5.92 Å². The fourth-order valence-corrected chi connectivity index (χ4v) is 15.2. The van der Waals surface area contributed by atoms with Crippen molar-refractivity contribution in [3.63, 3.8) is 0 Å². The summed E-state index contributed by atoms with van der Waals surface area (Å²) >= 11 is 11.7. The molecule has 2 fully saturated rings. The van der Waals surface area contributed by atoms with E-state index >= 15 is 0 Å². The van der Waals surface area contributed by atoms with E-state index in [-0.39, 0.29) is 87.8 Å². The third-order valence-electron chi connectivity index (χ3n) is 8.51. The molecule has 0 aliphatic carbocycles. The first-order valence-corrected chi connectivity index (χ1v) is 29.6. The molecule has 2 saturated heterocycles. The predicted molar refractivity (Wildman–Crippen MR) is 247 cm³/mol. The molecule has 2 aromatic carbocycles. The van der Waals surface area contributed by atoms with E-state index in [1.165, 1.54) is 9.80 Å². The Labute approximate surface area is 420 Å². The monoisotopic (exact) mass is 1030 g/mol. The zero-order chi connectivity index (χ0) is 43.6. The number of hydrogen-bond acceptors (Lipinski definition) is 8. The van der Waals surface area contributed by atoms with Crippen molar-refractivity contribution in [2.45, 2.75) is 109 Å². The van der Waals surface area contributed by atoms with E-state index in [1.54, 1.807) is 14.2 Å². The van der Waals surface area contributed by atoms with Crippen LogP contribution in [0.3, 0.4) is 0 Å². The largest absolute Gasteiger partial charge is 1.00 e. The number of methoxy groups -OCH3 is 2. The molecule has 3 atom stereocenters. The molecule has 2 aliphatic rings. The van der Waals surface area contributed by atoms with Crippen LogP contribution < -0.4 is 51.4 Å². The molecule has 328 valence electrons. The molecular formula is C42H67Br2ClKN3O8Si2. The number of nitrogens with zero attached hydrogens (tertiary/aromatic N) is 3. The van der Waals surface area contributed by atoms with E-state index in [0.717, 1.165) is 53.9 Å². The molecule has 0 aromatic heterocycles. The Morgan fingerprint density at radius 3 is 1.59 bits per heavy atom. The molecule has 2 aromatic rings. The summed E-state index contributed by atoms with van der Waals surface area (Å²) in [6, 6.07) is 19.6. The molecule has 0 N–H and O–H groups in total. The van der Waals surface area contributed by atoms with Crippen LogP contribution in [0.25, 0.3) is 4.65 Å². The second-order valence-electron chi connectivity index (χ2n) is 16.0. The Balaban J connectivity index is 0.000000875. The number of imide groups is 2. The van der Waals surface area contributed by atoms with Crippen LogP contribution >= 0.6 is 43.5 Å². The average Bonchev–Trinajstić information content (AvgIpc) is 3.73. The van der Waals surface area contributed by atoms with Crippen molar-refractivity contribution in [3.05, 3.63) is 76.4 Å². The molecule has 0 radical (unpaired) electrons. The van der Waals surface area contributed by atoms with Crippen molar-refractivity contribution in [1.82, 2.24) is 9.80 Å². The van der Waals surface area contributed by atoms with Gasteiger partial charge in [0.15, 0.2) is 0 Å². The second-order valence-corrected chi connectivity index (χ2v) is 27.4. The molecule has 0 bridgehead atoms. The topological polar surface area (TPSA) is 126 Å². The van der Waals surface area contributed by atoms with Gasteiger partial charge in [0.05, 0.1) is 24.6 Å². The van der Waals surface area contributed by atoms with Gasteiger partial charge in [-0.15, -0.1) is 0 Å². The third-order valence-corrected chi connectivity index (χ3v) is 15.2. The van der Waals surface area contributed by atoms with Crippen LogP contribution in [0.4, 0.5) is 9.59 Å². The Kier molecular flexibility index (Phi) is 32.8. The maximum Gasteiger partial charge on any atom is 1.00 e. The average molecular weight is 1030 g/mol. The summed E-state index contributed by atoms with van der Waals surface area (Å²) in [5.41, 5.74) is 2.19. The van der Waals surface area contributed by atoms with Crippen molar-refractivity contribution < 1.29 is 89.5 Å². The standard InChI is InChI=1S/C18H24BrNO4.C16H20BrNO3.C6H18NSi2.C2H5ClO.K/c1-23-12-15(9-5-6-10-19)17(21)20-16(13-24-18(20)22)11-14-7-3-2-4-8-14;17-10-6-2-5-9-15(19)18-14(12-21-16(18)20)11-13-7-3-1-4-8-13;1-8(2,3)7-9(4,5)6;1-4-2-3;/h2-4,7-8,15-16H,5-6,9-13H2,1H3;1,3-4,7-8,14H,2,5-6,9-12H2;1-6H3;2H2,1H3;/q;;-1;;+1/t15-,16+;14-;;;/m10.../s1. The fraction of sp³-hybridized carbons (Fsp3) is 0.619. The third kappa shape index (κ3) is 26.0. The number of carbonyl (C=O) groups is 4. The summed E-state index contributed by atoms with van der Waals surface area (Å²) in [6.07, 6.45) is 6.10. The summed E-state index contributed by atoms with van der Waals surface area (Å²) in [5.74, 6) is -0.610. The summed E-state index contributed by atoms with van der Waals surface area (Å²) in [6.45, 7) is 14.6. The minimum absolute atomic E-state index is 0. The molecule has 11 nitrogen and oxygen atoms in total. The number of ether oxygens (including phenoxy) is 4. The van der Waals surface area contributed by atoms with Gasteiger partial charge in [-0.25, -0.2) is 19.4 Å². The molecule has 2 aliphatic heterocycles. The molecule has 0 unspecified atom stereocenters. The van der Waals surface area contributed by atoms with Crippen LogP contribution in [0.2, 0.25) is 39.3 Å². The SMILES string of the molecule is COCCl.COC[C@@H](CCCCBr)C(=O)N1C(=O)OC[C@@H]1Cc1ccccc1.C[Si](C)(C)[N-][Si](C)(C)C.O=C(CCCCCBr)N1C(=O)OC[C@@H]1Cc1ccccc1.[K+]. The molecule has 2 heterocycles. The van der Waals surface area contributed by atoms with E-state index in [0.29, 0.717) is 45.0 Å². The van der Waals surface area contributed by atoms with Gasteiger partial charge < -0.3 is 23.6 Å². The van der Waals surface area contributed by atoms with Gasteiger partial charge in [0, 0.05) is 31.3 Å². The van der Waals surface area contributed by atoms with Crippen LogP contribution in [0.15, 0.2) is 60.7 Å².